The minimum atomic E-state index is -0.673. The molecule has 0 spiro atoms. The number of nitrogens with one attached hydrogen (secondary N) is 1. The summed E-state index contributed by atoms with van der Waals surface area (Å²) in [5.74, 6) is 0. The van der Waals surface area contributed by atoms with Crippen LogP contribution in [0.4, 0.5) is 0 Å². The maximum Gasteiger partial charge on any atom is 0.0908 e. The van der Waals surface area contributed by atoms with Gasteiger partial charge in [0.05, 0.1) is 25.9 Å². The van der Waals surface area contributed by atoms with E-state index in [4.69, 9.17) is 14.9 Å². The average molecular weight is 176 g/mol. The largest absolute Gasteiger partial charge is 0.394 e. The standard InChI is InChI=1S/C7H16N2O3/c10-6-7(11)5-8-9-1-3-12-4-2-9/h7-8,10-11H,1-6H2. The van der Waals surface area contributed by atoms with Gasteiger partial charge in [-0.1, -0.05) is 0 Å². The fraction of sp³-hybridized carbons (Fsp3) is 1.00. The number of ether oxygens (including phenoxy) is 1. The number of aliphatic hydroxyl groups excluding tert-OH is 2. The van der Waals surface area contributed by atoms with Crippen molar-refractivity contribution in [2.45, 2.75) is 6.10 Å². The van der Waals surface area contributed by atoms with E-state index in [0.717, 1.165) is 26.3 Å². The Balaban J connectivity index is 2.05. The van der Waals surface area contributed by atoms with Gasteiger partial charge in [0.1, 0.15) is 0 Å². The highest BCUT2D eigenvalue weighted by Gasteiger charge is 2.10. The fourth-order valence-corrected chi connectivity index (χ4v) is 1.02. The van der Waals surface area contributed by atoms with Gasteiger partial charge < -0.3 is 14.9 Å². The summed E-state index contributed by atoms with van der Waals surface area (Å²) in [7, 11) is 0. The Morgan fingerprint density at radius 3 is 2.67 bits per heavy atom. The predicted molar refractivity (Wildman–Crippen MR) is 43.5 cm³/mol. The van der Waals surface area contributed by atoms with Gasteiger partial charge in [0.25, 0.3) is 0 Å². The molecule has 1 saturated heterocycles. The van der Waals surface area contributed by atoms with Crippen molar-refractivity contribution in [1.29, 1.82) is 0 Å². The van der Waals surface area contributed by atoms with Crippen molar-refractivity contribution in [2.24, 2.45) is 0 Å². The summed E-state index contributed by atoms with van der Waals surface area (Å²) in [4.78, 5) is 0. The van der Waals surface area contributed by atoms with Crippen LogP contribution in [0.1, 0.15) is 0 Å². The first kappa shape index (κ1) is 9.88. The second kappa shape index (κ2) is 5.45. The third kappa shape index (κ3) is 3.46. The Morgan fingerprint density at radius 1 is 1.42 bits per heavy atom. The molecular formula is C7H16N2O3. The van der Waals surface area contributed by atoms with Crippen molar-refractivity contribution in [2.75, 3.05) is 39.5 Å². The van der Waals surface area contributed by atoms with Crippen LogP contribution in [-0.2, 0) is 4.74 Å². The molecule has 0 aromatic heterocycles. The van der Waals surface area contributed by atoms with Gasteiger partial charge in [0.2, 0.25) is 0 Å². The van der Waals surface area contributed by atoms with Crippen LogP contribution in [0.15, 0.2) is 0 Å². The molecule has 0 aromatic carbocycles. The van der Waals surface area contributed by atoms with E-state index in [1.165, 1.54) is 0 Å². The molecule has 1 fully saturated rings. The summed E-state index contributed by atoms with van der Waals surface area (Å²) in [6.07, 6.45) is -0.673. The lowest BCUT2D eigenvalue weighted by atomic mass is 10.4. The lowest BCUT2D eigenvalue weighted by Gasteiger charge is -2.27. The molecule has 12 heavy (non-hydrogen) atoms. The summed E-state index contributed by atoms with van der Waals surface area (Å²) in [6, 6.07) is 0. The fourth-order valence-electron chi connectivity index (χ4n) is 1.02. The minimum absolute atomic E-state index is 0.197. The molecule has 1 heterocycles. The number of hydrogen-bond acceptors (Lipinski definition) is 5. The van der Waals surface area contributed by atoms with Gasteiger partial charge in [-0.25, -0.2) is 5.01 Å². The maximum absolute atomic E-state index is 9.02. The summed E-state index contributed by atoms with van der Waals surface area (Å²) < 4.78 is 5.14. The summed E-state index contributed by atoms with van der Waals surface area (Å²) in [5.41, 5.74) is 3.02. The van der Waals surface area contributed by atoms with Gasteiger partial charge in [-0.2, -0.15) is 0 Å². The Hall–Kier alpha value is -0.200. The van der Waals surface area contributed by atoms with Crippen LogP contribution in [0, 0.1) is 0 Å². The van der Waals surface area contributed by atoms with Gasteiger partial charge in [-0.3, -0.25) is 5.43 Å². The lowest BCUT2D eigenvalue weighted by Crippen LogP contribution is -2.48. The SMILES string of the molecule is OCC(O)CNN1CCOCC1. The molecule has 1 rings (SSSR count). The molecule has 72 valence electrons. The Kier molecular flexibility index (Phi) is 4.49. The Labute approximate surface area is 71.9 Å². The number of hydrazine groups is 1. The first-order valence-corrected chi connectivity index (χ1v) is 4.18. The number of hydrogen-bond donors (Lipinski definition) is 3. The van der Waals surface area contributed by atoms with E-state index < -0.39 is 6.10 Å². The van der Waals surface area contributed by atoms with Crippen molar-refractivity contribution < 1.29 is 14.9 Å². The molecule has 5 heteroatoms. The van der Waals surface area contributed by atoms with Crippen molar-refractivity contribution in [3.05, 3.63) is 0 Å². The van der Waals surface area contributed by atoms with Crippen LogP contribution in [-0.4, -0.2) is 60.8 Å². The van der Waals surface area contributed by atoms with Crippen molar-refractivity contribution >= 4 is 0 Å². The predicted octanol–water partition coefficient (Wildman–Crippen LogP) is -1.82. The topological polar surface area (TPSA) is 65.0 Å². The zero-order valence-electron chi connectivity index (χ0n) is 7.07. The second-order valence-electron chi connectivity index (χ2n) is 2.80. The van der Waals surface area contributed by atoms with Crippen molar-refractivity contribution in [3.63, 3.8) is 0 Å². The normalized spacial score (nSPS) is 22.5. The van der Waals surface area contributed by atoms with E-state index in [2.05, 4.69) is 5.43 Å². The van der Waals surface area contributed by atoms with Crippen LogP contribution < -0.4 is 5.43 Å². The molecule has 1 unspecified atom stereocenters. The molecule has 0 amide bonds. The average Bonchev–Trinajstić information content (AvgIpc) is 2.16. The molecule has 1 aliphatic heterocycles. The van der Waals surface area contributed by atoms with E-state index in [-0.39, 0.29) is 6.61 Å². The van der Waals surface area contributed by atoms with Gasteiger partial charge in [-0.05, 0) is 0 Å². The first-order chi connectivity index (χ1) is 5.83. The summed E-state index contributed by atoms with van der Waals surface area (Å²) in [5, 5.41) is 19.5. The number of nitrogens with zero attached hydrogens (tertiary/aromatic N) is 1. The molecule has 3 N–H and O–H groups in total. The van der Waals surface area contributed by atoms with E-state index in [1.54, 1.807) is 0 Å². The molecule has 1 atom stereocenters. The lowest BCUT2D eigenvalue weighted by molar-refractivity contribution is -0.00210. The van der Waals surface area contributed by atoms with Crippen LogP contribution >= 0.6 is 0 Å². The molecule has 0 radical (unpaired) electrons. The quantitative estimate of drug-likeness (QED) is 0.470. The van der Waals surface area contributed by atoms with Gasteiger partial charge >= 0.3 is 0 Å². The van der Waals surface area contributed by atoms with Crippen molar-refractivity contribution in [3.8, 4) is 0 Å². The molecule has 5 nitrogen and oxygen atoms in total. The summed E-state index contributed by atoms with van der Waals surface area (Å²) in [6.45, 7) is 3.31. The highest BCUT2D eigenvalue weighted by atomic mass is 16.5. The molecule has 0 aliphatic carbocycles. The highest BCUT2D eigenvalue weighted by Crippen LogP contribution is 1.92. The van der Waals surface area contributed by atoms with E-state index >= 15 is 0 Å². The van der Waals surface area contributed by atoms with Crippen LogP contribution in [0.5, 0.6) is 0 Å². The zero-order valence-corrected chi connectivity index (χ0v) is 7.07. The van der Waals surface area contributed by atoms with Crippen LogP contribution in [0.25, 0.3) is 0 Å². The zero-order chi connectivity index (χ0) is 8.81. The van der Waals surface area contributed by atoms with Gasteiger partial charge in [0.15, 0.2) is 0 Å². The number of morpholine rings is 1. The Morgan fingerprint density at radius 2 is 2.08 bits per heavy atom. The van der Waals surface area contributed by atoms with E-state index in [0.29, 0.717) is 6.54 Å². The molecule has 0 bridgehead atoms. The van der Waals surface area contributed by atoms with Gasteiger partial charge in [0, 0.05) is 19.6 Å². The molecular weight excluding hydrogens is 160 g/mol. The second-order valence-corrected chi connectivity index (χ2v) is 2.80. The minimum Gasteiger partial charge on any atom is -0.394 e. The maximum atomic E-state index is 9.02. The van der Waals surface area contributed by atoms with Gasteiger partial charge in [-0.15, -0.1) is 0 Å². The van der Waals surface area contributed by atoms with E-state index in [9.17, 15) is 0 Å². The molecule has 1 aliphatic rings. The number of rotatable bonds is 4. The smallest absolute Gasteiger partial charge is 0.0908 e. The van der Waals surface area contributed by atoms with Crippen LogP contribution in [0.3, 0.4) is 0 Å². The van der Waals surface area contributed by atoms with Crippen molar-refractivity contribution in [1.82, 2.24) is 10.4 Å². The summed E-state index contributed by atoms with van der Waals surface area (Å²) >= 11 is 0. The monoisotopic (exact) mass is 176 g/mol. The highest BCUT2D eigenvalue weighted by molar-refractivity contribution is 4.60. The molecule has 0 aromatic rings. The van der Waals surface area contributed by atoms with Crippen LogP contribution in [0.2, 0.25) is 0 Å². The number of aliphatic hydroxyl groups is 2. The Bertz CT molecular complexity index is 117. The van der Waals surface area contributed by atoms with E-state index in [1.807, 2.05) is 5.01 Å². The third-order valence-corrected chi connectivity index (χ3v) is 1.77. The molecule has 0 saturated carbocycles. The first-order valence-electron chi connectivity index (χ1n) is 4.18. The third-order valence-electron chi connectivity index (χ3n) is 1.77.